The van der Waals surface area contributed by atoms with Crippen molar-refractivity contribution in [1.29, 1.82) is 0 Å². The molecule has 0 atom stereocenters. The van der Waals surface area contributed by atoms with Crippen LogP contribution in [0.4, 0.5) is 5.82 Å². The van der Waals surface area contributed by atoms with Gasteiger partial charge in [-0.3, -0.25) is 0 Å². The van der Waals surface area contributed by atoms with Crippen molar-refractivity contribution in [2.24, 2.45) is 0 Å². The van der Waals surface area contributed by atoms with Gasteiger partial charge in [-0.25, -0.2) is 15.0 Å². The third-order valence-corrected chi connectivity index (χ3v) is 4.36. The van der Waals surface area contributed by atoms with Gasteiger partial charge >= 0.3 is 0 Å². The molecule has 7 heteroatoms. The molecule has 2 aromatic heterocycles. The van der Waals surface area contributed by atoms with Crippen molar-refractivity contribution >= 4 is 50.1 Å². The Balaban J connectivity index is 2.12. The topological polar surface area (TPSA) is 51.1 Å². The molecule has 0 radical (unpaired) electrons. The second-order valence-electron chi connectivity index (χ2n) is 3.81. The predicted octanol–water partition coefficient (Wildman–Crippen LogP) is 1.84. The Morgan fingerprint density at radius 1 is 1.24 bits per heavy atom. The molecule has 0 N–H and O–H groups in total. The number of anilines is 1. The maximum Gasteiger partial charge on any atom is 0.177 e. The molecule has 0 aliphatic carbocycles. The lowest BCUT2D eigenvalue weighted by atomic mass is 10.4. The Labute approximate surface area is 116 Å². The second kappa shape index (κ2) is 4.62. The lowest BCUT2D eigenvalue weighted by molar-refractivity contribution is 0.122. The number of morpholine rings is 1. The van der Waals surface area contributed by atoms with Crippen LogP contribution >= 0.6 is 33.9 Å². The van der Waals surface area contributed by atoms with Crippen LogP contribution in [-0.4, -0.2) is 41.3 Å². The van der Waals surface area contributed by atoms with E-state index in [9.17, 15) is 0 Å². The van der Waals surface area contributed by atoms with Gasteiger partial charge in [0.2, 0.25) is 0 Å². The van der Waals surface area contributed by atoms with Crippen LogP contribution in [0.1, 0.15) is 5.82 Å². The highest BCUT2D eigenvalue weighted by Crippen LogP contribution is 2.30. The molecule has 1 fully saturated rings. The van der Waals surface area contributed by atoms with E-state index in [0.717, 1.165) is 51.3 Å². The van der Waals surface area contributed by atoms with Gasteiger partial charge in [0.15, 0.2) is 14.5 Å². The molecule has 2 aromatic rings. The molecular weight excluding hydrogens is 351 g/mol. The second-order valence-corrected chi connectivity index (χ2v) is 6.57. The first-order valence-electron chi connectivity index (χ1n) is 5.37. The summed E-state index contributed by atoms with van der Waals surface area (Å²) >= 11 is 3.88. The summed E-state index contributed by atoms with van der Waals surface area (Å²) in [6, 6.07) is 0. The molecule has 0 bridgehead atoms. The lowest BCUT2D eigenvalue weighted by Crippen LogP contribution is -2.37. The molecule has 90 valence electrons. The van der Waals surface area contributed by atoms with Gasteiger partial charge in [0, 0.05) is 13.1 Å². The minimum absolute atomic E-state index is 0.764. The summed E-state index contributed by atoms with van der Waals surface area (Å²) in [5.41, 5.74) is 0.813. The number of aryl methyl sites for hydroxylation is 1. The zero-order valence-electron chi connectivity index (χ0n) is 9.31. The summed E-state index contributed by atoms with van der Waals surface area (Å²) in [6.45, 7) is 5.22. The van der Waals surface area contributed by atoms with Crippen LogP contribution in [0.25, 0.3) is 10.3 Å². The number of nitrogens with zero attached hydrogens (tertiary/aromatic N) is 4. The Morgan fingerprint density at radius 2 is 2.00 bits per heavy atom. The van der Waals surface area contributed by atoms with E-state index < -0.39 is 0 Å². The highest BCUT2D eigenvalue weighted by molar-refractivity contribution is 14.1. The number of aromatic nitrogens is 3. The number of hydrogen-bond donors (Lipinski definition) is 0. The maximum absolute atomic E-state index is 5.37. The molecule has 3 rings (SSSR count). The minimum atomic E-state index is 0.764. The first kappa shape index (κ1) is 11.5. The van der Waals surface area contributed by atoms with Gasteiger partial charge in [-0.2, -0.15) is 0 Å². The largest absolute Gasteiger partial charge is 0.378 e. The van der Waals surface area contributed by atoms with Crippen LogP contribution in [0.15, 0.2) is 0 Å². The van der Waals surface area contributed by atoms with E-state index in [1.54, 1.807) is 11.3 Å². The number of thiazole rings is 1. The monoisotopic (exact) mass is 362 g/mol. The van der Waals surface area contributed by atoms with Crippen LogP contribution in [0.3, 0.4) is 0 Å². The van der Waals surface area contributed by atoms with Gasteiger partial charge in [-0.15, -0.1) is 11.3 Å². The molecule has 0 unspecified atom stereocenters. The van der Waals surface area contributed by atoms with E-state index >= 15 is 0 Å². The fourth-order valence-corrected chi connectivity index (χ4v) is 3.52. The smallest absolute Gasteiger partial charge is 0.177 e. The van der Waals surface area contributed by atoms with Crippen LogP contribution in [0.2, 0.25) is 0 Å². The van der Waals surface area contributed by atoms with Crippen molar-refractivity contribution in [1.82, 2.24) is 15.0 Å². The van der Waals surface area contributed by atoms with E-state index in [2.05, 4.69) is 42.4 Å². The van der Waals surface area contributed by atoms with Gasteiger partial charge in [-0.05, 0) is 29.5 Å². The van der Waals surface area contributed by atoms with Crippen LogP contribution in [-0.2, 0) is 4.74 Å². The Kier molecular flexibility index (Phi) is 3.14. The molecule has 1 aliphatic rings. The number of ether oxygens (including phenoxy) is 1. The van der Waals surface area contributed by atoms with Gasteiger partial charge < -0.3 is 9.64 Å². The standard InChI is InChI=1S/C10H11IN4OS/c1-6-12-8-7(17-10(11)14-8)9(13-6)15-2-4-16-5-3-15/h2-5H2,1H3. The van der Waals surface area contributed by atoms with Crippen molar-refractivity contribution in [3.63, 3.8) is 0 Å². The predicted molar refractivity (Wildman–Crippen MR) is 75.7 cm³/mol. The summed E-state index contributed by atoms with van der Waals surface area (Å²) in [6.07, 6.45) is 0. The van der Waals surface area contributed by atoms with Crippen molar-refractivity contribution < 1.29 is 4.74 Å². The lowest BCUT2D eigenvalue weighted by Gasteiger charge is -2.28. The summed E-state index contributed by atoms with van der Waals surface area (Å²) in [5.74, 6) is 1.79. The summed E-state index contributed by atoms with van der Waals surface area (Å²) in [7, 11) is 0. The number of hydrogen-bond acceptors (Lipinski definition) is 6. The van der Waals surface area contributed by atoms with E-state index in [-0.39, 0.29) is 0 Å². The molecule has 1 saturated heterocycles. The molecule has 0 aromatic carbocycles. The van der Waals surface area contributed by atoms with E-state index in [1.165, 1.54) is 0 Å². The van der Waals surface area contributed by atoms with Gasteiger partial charge in [0.05, 0.1) is 13.2 Å². The molecule has 0 amide bonds. The minimum Gasteiger partial charge on any atom is -0.378 e. The normalized spacial score (nSPS) is 16.7. The van der Waals surface area contributed by atoms with Crippen molar-refractivity contribution in [2.45, 2.75) is 6.92 Å². The first-order valence-corrected chi connectivity index (χ1v) is 7.27. The first-order chi connectivity index (χ1) is 8.24. The van der Waals surface area contributed by atoms with Gasteiger partial charge in [-0.1, -0.05) is 0 Å². The SMILES string of the molecule is Cc1nc(N2CCOCC2)c2sc(I)nc2n1. The van der Waals surface area contributed by atoms with Crippen molar-refractivity contribution in [3.05, 3.63) is 8.84 Å². The summed E-state index contributed by atoms with van der Waals surface area (Å²) < 4.78 is 7.46. The van der Waals surface area contributed by atoms with E-state index in [1.807, 2.05) is 6.92 Å². The average Bonchev–Trinajstić information content (AvgIpc) is 2.69. The highest BCUT2D eigenvalue weighted by Gasteiger charge is 2.18. The van der Waals surface area contributed by atoms with E-state index in [4.69, 9.17) is 4.74 Å². The van der Waals surface area contributed by atoms with Gasteiger partial charge in [0.25, 0.3) is 0 Å². The van der Waals surface area contributed by atoms with Crippen LogP contribution in [0, 0.1) is 9.94 Å². The number of fused-ring (bicyclic) bond motifs is 1. The van der Waals surface area contributed by atoms with Crippen LogP contribution in [0.5, 0.6) is 0 Å². The molecule has 1 aliphatic heterocycles. The molecular formula is C10H11IN4OS. The third kappa shape index (κ3) is 2.23. The highest BCUT2D eigenvalue weighted by atomic mass is 127. The molecule has 0 saturated carbocycles. The Morgan fingerprint density at radius 3 is 2.76 bits per heavy atom. The van der Waals surface area contributed by atoms with Crippen molar-refractivity contribution in [2.75, 3.05) is 31.2 Å². The fourth-order valence-electron chi connectivity index (χ4n) is 1.88. The Hall–Kier alpha value is -0.540. The molecule has 3 heterocycles. The van der Waals surface area contributed by atoms with E-state index in [0.29, 0.717) is 0 Å². The summed E-state index contributed by atoms with van der Waals surface area (Å²) in [5, 5.41) is 0. The average molecular weight is 362 g/mol. The number of halogens is 1. The maximum atomic E-state index is 5.37. The molecule has 5 nitrogen and oxygen atoms in total. The summed E-state index contributed by atoms with van der Waals surface area (Å²) in [4.78, 5) is 15.6. The Bertz CT molecular complexity index is 552. The zero-order valence-corrected chi connectivity index (χ0v) is 12.3. The molecule has 17 heavy (non-hydrogen) atoms. The van der Waals surface area contributed by atoms with Crippen molar-refractivity contribution in [3.8, 4) is 0 Å². The molecule has 0 spiro atoms. The van der Waals surface area contributed by atoms with Gasteiger partial charge in [0.1, 0.15) is 10.5 Å². The zero-order chi connectivity index (χ0) is 11.8. The fraction of sp³-hybridized carbons (Fsp3) is 0.500. The quantitative estimate of drug-likeness (QED) is 0.725. The third-order valence-electron chi connectivity index (χ3n) is 2.63. The van der Waals surface area contributed by atoms with Crippen LogP contribution < -0.4 is 4.90 Å². The number of rotatable bonds is 1.